The summed E-state index contributed by atoms with van der Waals surface area (Å²) in [5.41, 5.74) is 0.997. The predicted octanol–water partition coefficient (Wildman–Crippen LogP) is 2.55. The van der Waals surface area contributed by atoms with Gasteiger partial charge in [0.2, 0.25) is 0 Å². The topological polar surface area (TPSA) is 75.1 Å². The molecule has 0 atom stereocenters. The van der Waals surface area contributed by atoms with Gasteiger partial charge in [-0.1, -0.05) is 28.1 Å². The summed E-state index contributed by atoms with van der Waals surface area (Å²) in [5.74, 6) is -0.646. The Hall–Kier alpha value is -1.95. The molecule has 0 saturated heterocycles. The highest BCUT2D eigenvalue weighted by atomic mass is 79.9. The van der Waals surface area contributed by atoms with Gasteiger partial charge in [-0.2, -0.15) is 0 Å². The summed E-state index contributed by atoms with van der Waals surface area (Å²) in [6, 6.07) is 7.81. The number of anilines is 1. The van der Waals surface area contributed by atoms with E-state index in [-0.39, 0.29) is 5.69 Å². The Labute approximate surface area is 112 Å². The van der Waals surface area contributed by atoms with E-state index in [4.69, 9.17) is 5.11 Å². The number of carboxylic acid groups (broad SMARTS) is 1. The molecule has 0 radical (unpaired) electrons. The minimum absolute atomic E-state index is 0.0733. The third kappa shape index (κ3) is 3.27. The summed E-state index contributed by atoms with van der Waals surface area (Å²) in [4.78, 5) is 18.5. The van der Waals surface area contributed by atoms with Gasteiger partial charge >= 0.3 is 5.97 Å². The second-order valence-corrected chi connectivity index (χ2v) is 4.49. The van der Waals surface area contributed by atoms with Crippen LogP contribution in [-0.2, 0) is 6.54 Å². The first-order valence-corrected chi connectivity index (χ1v) is 5.98. The van der Waals surface area contributed by atoms with Gasteiger partial charge in [-0.15, -0.1) is 0 Å². The van der Waals surface area contributed by atoms with Crippen LogP contribution in [0.2, 0.25) is 0 Å². The lowest BCUT2D eigenvalue weighted by atomic mass is 10.2. The molecule has 6 heteroatoms. The van der Waals surface area contributed by atoms with Gasteiger partial charge in [-0.25, -0.2) is 9.78 Å². The van der Waals surface area contributed by atoms with Crippen LogP contribution in [0.1, 0.15) is 16.1 Å². The molecular weight excluding hydrogens is 298 g/mol. The maximum Gasteiger partial charge on any atom is 0.356 e. The summed E-state index contributed by atoms with van der Waals surface area (Å²) < 4.78 is 1.01. The largest absolute Gasteiger partial charge is 0.476 e. The molecule has 0 aliphatic heterocycles. The van der Waals surface area contributed by atoms with Crippen molar-refractivity contribution >= 4 is 27.7 Å². The van der Waals surface area contributed by atoms with Crippen molar-refractivity contribution in [2.45, 2.75) is 6.54 Å². The molecule has 0 fully saturated rings. The van der Waals surface area contributed by atoms with Crippen LogP contribution >= 0.6 is 15.9 Å². The number of aromatic carboxylic acids is 1. The quantitative estimate of drug-likeness (QED) is 0.908. The maximum absolute atomic E-state index is 10.7. The average Bonchev–Trinajstić information content (AvgIpc) is 2.38. The second kappa shape index (κ2) is 5.59. The Morgan fingerprint density at radius 1 is 1.28 bits per heavy atom. The van der Waals surface area contributed by atoms with Crippen molar-refractivity contribution < 1.29 is 9.90 Å². The number of nitrogens with zero attached hydrogens (tertiary/aromatic N) is 2. The van der Waals surface area contributed by atoms with E-state index < -0.39 is 5.97 Å². The standard InChI is InChI=1S/C12H10BrN3O2/c13-9-3-1-8(2-4-9)5-15-11-7-14-6-10(16-11)12(17)18/h1-4,6-7H,5H2,(H,15,16)(H,17,18). The lowest BCUT2D eigenvalue weighted by Gasteiger charge is -2.05. The molecule has 1 aromatic heterocycles. The van der Waals surface area contributed by atoms with Gasteiger partial charge in [-0.05, 0) is 17.7 Å². The Bertz CT molecular complexity index is 558. The molecule has 2 N–H and O–H groups in total. The zero-order chi connectivity index (χ0) is 13.0. The Balaban J connectivity index is 2.04. The van der Waals surface area contributed by atoms with Gasteiger partial charge in [0.25, 0.3) is 0 Å². The van der Waals surface area contributed by atoms with E-state index >= 15 is 0 Å². The van der Waals surface area contributed by atoms with E-state index in [9.17, 15) is 4.79 Å². The highest BCUT2D eigenvalue weighted by molar-refractivity contribution is 9.10. The monoisotopic (exact) mass is 307 g/mol. The Morgan fingerprint density at radius 3 is 2.67 bits per heavy atom. The van der Waals surface area contributed by atoms with Crippen LogP contribution in [0, 0.1) is 0 Å². The van der Waals surface area contributed by atoms with E-state index in [1.165, 1.54) is 12.4 Å². The summed E-state index contributed by atoms with van der Waals surface area (Å²) in [7, 11) is 0. The zero-order valence-corrected chi connectivity index (χ0v) is 10.9. The fraction of sp³-hybridized carbons (Fsp3) is 0.0833. The predicted molar refractivity (Wildman–Crippen MR) is 70.5 cm³/mol. The molecule has 5 nitrogen and oxygen atoms in total. The number of carbonyl (C=O) groups is 1. The second-order valence-electron chi connectivity index (χ2n) is 3.57. The van der Waals surface area contributed by atoms with Crippen molar-refractivity contribution in [2.24, 2.45) is 0 Å². The lowest BCUT2D eigenvalue weighted by molar-refractivity contribution is 0.0690. The lowest BCUT2D eigenvalue weighted by Crippen LogP contribution is -2.06. The maximum atomic E-state index is 10.7. The third-order valence-corrected chi connectivity index (χ3v) is 2.77. The average molecular weight is 308 g/mol. The number of carboxylic acids is 1. The molecule has 0 spiro atoms. The number of rotatable bonds is 4. The zero-order valence-electron chi connectivity index (χ0n) is 9.30. The van der Waals surface area contributed by atoms with Crippen molar-refractivity contribution in [1.82, 2.24) is 9.97 Å². The Kier molecular flexibility index (Phi) is 3.88. The van der Waals surface area contributed by atoms with Crippen molar-refractivity contribution in [3.05, 3.63) is 52.4 Å². The van der Waals surface area contributed by atoms with Crippen LogP contribution in [0.25, 0.3) is 0 Å². The number of halogens is 1. The molecule has 1 heterocycles. The molecule has 2 rings (SSSR count). The molecule has 92 valence electrons. The molecule has 0 bridgehead atoms. The van der Waals surface area contributed by atoms with Crippen LogP contribution in [0.5, 0.6) is 0 Å². The summed E-state index contributed by atoms with van der Waals surface area (Å²) >= 11 is 3.36. The van der Waals surface area contributed by atoms with Crippen LogP contribution < -0.4 is 5.32 Å². The number of nitrogens with one attached hydrogen (secondary N) is 1. The first-order valence-electron chi connectivity index (χ1n) is 5.19. The third-order valence-electron chi connectivity index (χ3n) is 2.24. The van der Waals surface area contributed by atoms with Crippen molar-refractivity contribution in [1.29, 1.82) is 0 Å². The normalized spacial score (nSPS) is 10.1. The van der Waals surface area contributed by atoms with Gasteiger partial charge < -0.3 is 10.4 Å². The fourth-order valence-corrected chi connectivity index (χ4v) is 1.61. The van der Waals surface area contributed by atoms with Gasteiger partial charge in [0.05, 0.1) is 12.4 Å². The molecule has 1 aromatic carbocycles. The molecule has 2 aromatic rings. The number of hydrogen-bond acceptors (Lipinski definition) is 4. The van der Waals surface area contributed by atoms with E-state index in [0.717, 1.165) is 10.0 Å². The first kappa shape index (κ1) is 12.5. The SMILES string of the molecule is O=C(O)c1cncc(NCc2ccc(Br)cc2)n1. The van der Waals surface area contributed by atoms with Gasteiger partial charge in [0, 0.05) is 11.0 Å². The Morgan fingerprint density at radius 2 is 2.00 bits per heavy atom. The molecule has 18 heavy (non-hydrogen) atoms. The van der Waals surface area contributed by atoms with Crippen LogP contribution in [0.4, 0.5) is 5.82 Å². The van der Waals surface area contributed by atoms with Crippen molar-refractivity contribution in [3.63, 3.8) is 0 Å². The van der Waals surface area contributed by atoms with E-state index in [2.05, 4.69) is 31.2 Å². The van der Waals surface area contributed by atoms with E-state index in [1.54, 1.807) is 0 Å². The molecule has 0 aliphatic carbocycles. The number of hydrogen-bond donors (Lipinski definition) is 2. The van der Waals surface area contributed by atoms with Crippen LogP contribution in [0.15, 0.2) is 41.1 Å². The minimum Gasteiger partial charge on any atom is -0.476 e. The fourth-order valence-electron chi connectivity index (χ4n) is 1.35. The summed E-state index contributed by atoms with van der Waals surface area (Å²) in [5, 5.41) is 11.8. The molecule has 0 unspecified atom stereocenters. The van der Waals surface area contributed by atoms with Crippen molar-refractivity contribution in [2.75, 3.05) is 5.32 Å². The number of aromatic nitrogens is 2. The van der Waals surface area contributed by atoms with Crippen LogP contribution in [-0.4, -0.2) is 21.0 Å². The molecule has 0 amide bonds. The highest BCUT2D eigenvalue weighted by Crippen LogP contribution is 2.11. The van der Waals surface area contributed by atoms with Gasteiger partial charge in [0.15, 0.2) is 5.69 Å². The van der Waals surface area contributed by atoms with E-state index in [0.29, 0.717) is 12.4 Å². The molecule has 0 aliphatic rings. The molecule has 0 saturated carbocycles. The smallest absolute Gasteiger partial charge is 0.356 e. The summed E-state index contributed by atoms with van der Waals surface area (Å²) in [6.07, 6.45) is 2.71. The highest BCUT2D eigenvalue weighted by Gasteiger charge is 2.05. The minimum atomic E-state index is -1.09. The first-order chi connectivity index (χ1) is 8.65. The van der Waals surface area contributed by atoms with Crippen molar-refractivity contribution in [3.8, 4) is 0 Å². The van der Waals surface area contributed by atoms with Gasteiger partial charge in [-0.3, -0.25) is 4.98 Å². The van der Waals surface area contributed by atoms with E-state index in [1.807, 2.05) is 24.3 Å². The molecular formula is C12H10BrN3O2. The van der Waals surface area contributed by atoms with Crippen LogP contribution in [0.3, 0.4) is 0 Å². The van der Waals surface area contributed by atoms with Gasteiger partial charge in [0.1, 0.15) is 5.82 Å². The summed E-state index contributed by atoms with van der Waals surface area (Å²) in [6.45, 7) is 0.561. The number of benzene rings is 1.